The summed E-state index contributed by atoms with van der Waals surface area (Å²) in [4.78, 5) is 2.12. The molecule has 0 aromatic heterocycles. The molecule has 0 spiro atoms. The normalized spacial score (nSPS) is 19.1. The second kappa shape index (κ2) is 2.82. The van der Waals surface area contributed by atoms with Gasteiger partial charge in [-0.05, 0) is 25.2 Å². The molecule has 0 unspecified atom stereocenters. The number of rotatable bonds is 1. The molecule has 0 saturated heterocycles. The first kappa shape index (κ1) is 8.73. The smallest absolute Gasteiger partial charge is 0.0765 e. The fourth-order valence-electron chi connectivity index (χ4n) is 1.94. The Kier molecular flexibility index (Phi) is 1.90. The van der Waals surface area contributed by atoms with Gasteiger partial charge in [-0.25, -0.2) is 0 Å². The van der Waals surface area contributed by atoms with Crippen LogP contribution in [0.3, 0.4) is 0 Å². The number of nitrogens with zero attached hydrogens (tertiary/aromatic N) is 1. The molecule has 2 heteroatoms. The Balaban J connectivity index is 2.32. The molecule has 0 aliphatic heterocycles. The van der Waals surface area contributed by atoms with Gasteiger partial charge < -0.3 is 5.73 Å². The van der Waals surface area contributed by atoms with E-state index in [1.807, 2.05) is 14.1 Å². The molecule has 0 radical (unpaired) electrons. The summed E-state index contributed by atoms with van der Waals surface area (Å²) >= 11 is 0. The van der Waals surface area contributed by atoms with Crippen LogP contribution < -0.4 is 5.73 Å². The van der Waals surface area contributed by atoms with Crippen molar-refractivity contribution in [3.8, 4) is 0 Å². The van der Waals surface area contributed by atoms with Crippen LogP contribution >= 0.6 is 0 Å². The minimum Gasteiger partial charge on any atom is -0.313 e. The first-order chi connectivity index (χ1) is 6.12. The van der Waals surface area contributed by atoms with Crippen LogP contribution in [-0.4, -0.2) is 24.7 Å². The lowest BCUT2D eigenvalue weighted by Crippen LogP contribution is -2.53. The van der Waals surface area contributed by atoms with Gasteiger partial charge in [0.05, 0.1) is 5.66 Å². The van der Waals surface area contributed by atoms with Gasteiger partial charge in [0, 0.05) is 12.8 Å². The van der Waals surface area contributed by atoms with Crippen LogP contribution in [0.5, 0.6) is 0 Å². The van der Waals surface area contributed by atoms with Gasteiger partial charge >= 0.3 is 0 Å². The van der Waals surface area contributed by atoms with Crippen LogP contribution in [0.2, 0.25) is 0 Å². The standard InChI is InChI=1S/C11H16N2/c1-13(2)11(12)7-9-5-3-4-6-10(9)8-11/h3-6H,7-8,12H2,1-2H3. The first-order valence-electron chi connectivity index (χ1n) is 4.65. The van der Waals surface area contributed by atoms with E-state index in [4.69, 9.17) is 5.73 Å². The number of nitrogens with two attached hydrogens (primary N) is 1. The van der Waals surface area contributed by atoms with Crippen LogP contribution in [0.1, 0.15) is 11.1 Å². The Labute approximate surface area is 79.4 Å². The first-order valence-corrected chi connectivity index (χ1v) is 4.65. The van der Waals surface area contributed by atoms with Gasteiger partial charge in [0.25, 0.3) is 0 Å². The number of likely N-dealkylation sites (N-methyl/N-ethyl adjacent to an activating group) is 1. The molecule has 2 rings (SSSR count). The van der Waals surface area contributed by atoms with Crippen molar-refractivity contribution >= 4 is 0 Å². The maximum absolute atomic E-state index is 6.28. The van der Waals surface area contributed by atoms with E-state index >= 15 is 0 Å². The third-order valence-corrected chi connectivity index (χ3v) is 3.00. The van der Waals surface area contributed by atoms with Crippen molar-refractivity contribution in [2.24, 2.45) is 5.73 Å². The quantitative estimate of drug-likeness (QED) is 0.647. The van der Waals surface area contributed by atoms with E-state index in [1.54, 1.807) is 0 Å². The molecule has 1 aromatic carbocycles. The average molecular weight is 176 g/mol. The summed E-state index contributed by atoms with van der Waals surface area (Å²) in [6, 6.07) is 8.52. The SMILES string of the molecule is CN(C)C1(N)Cc2ccccc2C1. The molecule has 13 heavy (non-hydrogen) atoms. The van der Waals surface area contributed by atoms with Crippen molar-refractivity contribution in [3.05, 3.63) is 35.4 Å². The number of benzene rings is 1. The topological polar surface area (TPSA) is 29.3 Å². The zero-order chi connectivity index (χ0) is 9.47. The van der Waals surface area contributed by atoms with Crippen molar-refractivity contribution in [1.82, 2.24) is 4.90 Å². The minimum absolute atomic E-state index is 0.163. The van der Waals surface area contributed by atoms with E-state index in [0.29, 0.717) is 0 Å². The number of fused-ring (bicyclic) bond motifs is 1. The molecule has 0 amide bonds. The number of hydrogen-bond donors (Lipinski definition) is 1. The van der Waals surface area contributed by atoms with Gasteiger partial charge in [0.15, 0.2) is 0 Å². The van der Waals surface area contributed by atoms with Crippen molar-refractivity contribution in [2.45, 2.75) is 18.5 Å². The highest BCUT2D eigenvalue weighted by molar-refractivity contribution is 5.35. The lowest BCUT2D eigenvalue weighted by atomic mass is 10.1. The van der Waals surface area contributed by atoms with E-state index in [0.717, 1.165) is 12.8 Å². The van der Waals surface area contributed by atoms with Gasteiger partial charge in [0.2, 0.25) is 0 Å². The lowest BCUT2D eigenvalue weighted by molar-refractivity contribution is 0.170. The van der Waals surface area contributed by atoms with E-state index in [-0.39, 0.29) is 5.66 Å². The maximum Gasteiger partial charge on any atom is 0.0765 e. The van der Waals surface area contributed by atoms with E-state index < -0.39 is 0 Å². The molecular formula is C11H16N2. The van der Waals surface area contributed by atoms with Crippen LogP contribution in [0, 0.1) is 0 Å². The third-order valence-electron chi connectivity index (χ3n) is 3.00. The van der Waals surface area contributed by atoms with Gasteiger partial charge in [-0.2, -0.15) is 0 Å². The summed E-state index contributed by atoms with van der Waals surface area (Å²) in [6.07, 6.45) is 1.94. The molecule has 0 fully saturated rings. The predicted octanol–water partition coefficient (Wildman–Crippen LogP) is 1.00. The molecule has 0 saturated carbocycles. The predicted molar refractivity (Wildman–Crippen MR) is 54.5 cm³/mol. The molecule has 70 valence electrons. The van der Waals surface area contributed by atoms with Crippen LogP contribution in [0.25, 0.3) is 0 Å². The average Bonchev–Trinajstić information content (AvgIpc) is 2.42. The van der Waals surface area contributed by atoms with Gasteiger partial charge in [-0.1, -0.05) is 24.3 Å². The second-order valence-electron chi connectivity index (χ2n) is 4.12. The molecule has 1 aliphatic carbocycles. The molecule has 1 aliphatic rings. The van der Waals surface area contributed by atoms with Crippen LogP contribution in [0.15, 0.2) is 24.3 Å². The molecule has 0 heterocycles. The fraction of sp³-hybridized carbons (Fsp3) is 0.455. The van der Waals surface area contributed by atoms with Crippen LogP contribution in [-0.2, 0) is 12.8 Å². The van der Waals surface area contributed by atoms with Crippen molar-refractivity contribution in [1.29, 1.82) is 0 Å². The molecule has 0 atom stereocenters. The molecule has 2 nitrogen and oxygen atoms in total. The second-order valence-corrected chi connectivity index (χ2v) is 4.12. The Hall–Kier alpha value is -0.860. The van der Waals surface area contributed by atoms with E-state index in [2.05, 4.69) is 29.2 Å². The third kappa shape index (κ3) is 1.36. The maximum atomic E-state index is 6.28. The van der Waals surface area contributed by atoms with E-state index in [9.17, 15) is 0 Å². The summed E-state index contributed by atoms with van der Waals surface area (Å²) in [5, 5.41) is 0. The van der Waals surface area contributed by atoms with Crippen molar-refractivity contribution in [3.63, 3.8) is 0 Å². The molecule has 1 aromatic rings. The number of hydrogen-bond acceptors (Lipinski definition) is 2. The summed E-state index contributed by atoms with van der Waals surface area (Å²) in [5.74, 6) is 0. The highest BCUT2D eigenvalue weighted by Crippen LogP contribution is 2.29. The zero-order valence-electron chi connectivity index (χ0n) is 8.25. The summed E-state index contributed by atoms with van der Waals surface area (Å²) in [6.45, 7) is 0. The highest BCUT2D eigenvalue weighted by Gasteiger charge is 2.34. The summed E-state index contributed by atoms with van der Waals surface area (Å²) in [5.41, 5.74) is 8.92. The Morgan fingerprint density at radius 3 is 2.00 bits per heavy atom. The zero-order valence-corrected chi connectivity index (χ0v) is 8.25. The monoisotopic (exact) mass is 176 g/mol. The Morgan fingerprint density at radius 2 is 1.62 bits per heavy atom. The van der Waals surface area contributed by atoms with Gasteiger partial charge in [-0.15, -0.1) is 0 Å². The van der Waals surface area contributed by atoms with E-state index in [1.165, 1.54) is 11.1 Å². The van der Waals surface area contributed by atoms with Crippen molar-refractivity contribution in [2.75, 3.05) is 14.1 Å². The summed E-state index contributed by atoms with van der Waals surface area (Å²) < 4.78 is 0. The molecular weight excluding hydrogens is 160 g/mol. The highest BCUT2D eigenvalue weighted by atomic mass is 15.2. The van der Waals surface area contributed by atoms with Gasteiger partial charge in [-0.3, -0.25) is 4.90 Å². The molecule has 2 N–H and O–H groups in total. The summed E-state index contributed by atoms with van der Waals surface area (Å²) in [7, 11) is 4.10. The minimum atomic E-state index is -0.163. The van der Waals surface area contributed by atoms with Gasteiger partial charge in [0.1, 0.15) is 0 Å². The lowest BCUT2D eigenvalue weighted by Gasteiger charge is -2.31. The fourth-order valence-corrected chi connectivity index (χ4v) is 1.94. The van der Waals surface area contributed by atoms with Crippen LogP contribution in [0.4, 0.5) is 0 Å². The van der Waals surface area contributed by atoms with Crippen molar-refractivity contribution < 1.29 is 0 Å². The largest absolute Gasteiger partial charge is 0.313 e. The Morgan fingerprint density at radius 1 is 1.15 bits per heavy atom. The Bertz CT molecular complexity index is 293. The molecule has 0 bridgehead atoms.